The fourth-order valence-electron chi connectivity index (χ4n) is 5.23. The Bertz CT molecular complexity index is 1540. The molecule has 2 atom stereocenters. The predicted molar refractivity (Wildman–Crippen MR) is 153 cm³/mol. The molecule has 1 aromatic carbocycles. The van der Waals surface area contributed by atoms with Crippen LogP contribution < -0.4 is 5.32 Å². The maximum absolute atomic E-state index is 14.0. The Morgan fingerprint density at radius 3 is 2.64 bits per heavy atom. The van der Waals surface area contributed by atoms with E-state index in [9.17, 15) is 14.0 Å². The van der Waals surface area contributed by atoms with Gasteiger partial charge in [0.05, 0.1) is 23.7 Å². The van der Waals surface area contributed by atoms with Gasteiger partial charge in [-0.05, 0) is 54.4 Å². The zero-order valence-electron chi connectivity index (χ0n) is 23.8. The monoisotopic (exact) mass is 572 g/mol. The number of hydroxylamine groups is 2. The SMILES string of the molecule is CNC(=O)c1ccc(-c2nn(-c3ccccc3)c(CC(=O)C[C@@H]3CN(CCOC)O[C@H]3c3ccnc(F)c3)c2C)cn1. The number of ether oxygens (including phenoxy) is 1. The summed E-state index contributed by atoms with van der Waals surface area (Å²) >= 11 is 0. The van der Waals surface area contributed by atoms with Gasteiger partial charge in [0.2, 0.25) is 5.95 Å². The number of hydrogen-bond donors (Lipinski definition) is 1. The molecule has 1 saturated heterocycles. The number of halogens is 1. The molecule has 10 nitrogen and oxygen atoms in total. The van der Waals surface area contributed by atoms with Gasteiger partial charge < -0.3 is 10.1 Å². The van der Waals surface area contributed by atoms with E-state index in [1.807, 2.05) is 37.3 Å². The third-order valence-electron chi connectivity index (χ3n) is 7.35. The van der Waals surface area contributed by atoms with Crippen LogP contribution in [0.5, 0.6) is 0 Å². The molecule has 42 heavy (non-hydrogen) atoms. The number of hydrogen-bond acceptors (Lipinski definition) is 8. The van der Waals surface area contributed by atoms with Gasteiger partial charge in [-0.1, -0.05) is 18.2 Å². The van der Waals surface area contributed by atoms with Crippen molar-refractivity contribution in [2.24, 2.45) is 5.92 Å². The lowest BCUT2D eigenvalue weighted by atomic mass is 9.91. The summed E-state index contributed by atoms with van der Waals surface area (Å²) in [5.41, 5.74) is 4.79. The Hall–Kier alpha value is -4.32. The zero-order chi connectivity index (χ0) is 29.6. The van der Waals surface area contributed by atoms with Gasteiger partial charge in [0.25, 0.3) is 5.91 Å². The second-order valence-electron chi connectivity index (χ2n) is 10.2. The largest absolute Gasteiger partial charge is 0.383 e. The summed E-state index contributed by atoms with van der Waals surface area (Å²) < 4.78 is 21.0. The third-order valence-corrected chi connectivity index (χ3v) is 7.35. The molecule has 0 spiro atoms. The number of Topliss-reactive ketones (excluding diaryl/α,β-unsaturated/α-hetero) is 1. The molecule has 3 aromatic heterocycles. The summed E-state index contributed by atoms with van der Waals surface area (Å²) in [6.07, 6.45) is 2.91. The second kappa shape index (κ2) is 13.1. The number of benzene rings is 1. The molecule has 5 rings (SSSR count). The maximum Gasteiger partial charge on any atom is 0.269 e. The van der Waals surface area contributed by atoms with Crippen molar-refractivity contribution in [3.8, 4) is 16.9 Å². The van der Waals surface area contributed by atoms with Gasteiger partial charge in [0.15, 0.2) is 0 Å². The molecule has 0 radical (unpaired) electrons. The van der Waals surface area contributed by atoms with Crippen LogP contribution in [0.25, 0.3) is 16.9 Å². The molecule has 218 valence electrons. The van der Waals surface area contributed by atoms with Crippen LogP contribution in [0.3, 0.4) is 0 Å². The maximum atomic E-state index is 14.0. The van der Waals surface area contributed by atoms with Crippen LogP contribution in [0, 0.1) is 18.8 Å². The Labute approximate surface area is 243 Å². The van der Waals surface area contributed by atoms with Crippen molar-refractivity contribution in [2.45, 2.75) is 25.9 Å². The molecule has 1 amide bonds. The van der Waals surface area contributed by atoms with Gasteiger partial charge in [-0.2, -0.15) is 14.6 Å². The Morgan fingerprint density at radius 2 is 1.95 bits per heavy atom. The molecule has 1 aliphatic heterocycles. The highest BCUT2D eigenvalue weighted by molar-refractivity contribution is 5.92. The number of nitrogens with zero attached hydrogens (tertiary/aromatic N) is 5. The molecule has 0 aliphatic carbocycles. The lowest BCUT2D eigenvalue weighted by Crippen LogP contribution is -2.24. The number of carbonyl (C=O) groups excluding carboxylic acids is 2. The van der Waals surface area contributed by atoms with Gasteiger partial charge >= 0.3 is 0 Å². The first-order chi connectivity index (χ1) is 20.4. The van der Waals surface area contributed by atoms with E-state index in [1.165, 1.54) is 12.3 Å². The smallest absolute Gasteiger partial charge is 0.269 e. The van der Waals surface area contributed by atoms with Crippen molar-refractivity contribution in [3.05, 3.63) is 95.5 Å². The lowest BCUT2D eigenvalue weighted by Gasteiger charge is -2.17. The predicted octanol–water partition coefficient (Wildman–Crippen LogP) is 3.89. The summed E-state index contributed by atoms with van der Waals surface area (Å²) in [6, 6.07) is 16.1. The number of ketones is 1. The van der Waals surface area contributed by atoms with Crippen molar-refractivity contribution < 1.29 is 23.6 Å². The minimum atomic E-state index is -0.593. The van der Waals surface area contributed by atoms with Crippen LogP contribution in [-0.2, 0) is 20.8 Å². The van der Waals surface area contributed by atoms with Gasteiger partial charge in [0.1, 0.15) is 17.6 Å². The van der Waals surface area contributed by atoms with Crippen molar-refractivity contribution in [2.75, 3.05) is 33.9 Å². The number of pyridine rings is 2. The van der Waals surface area contributed by atoms with Gasteiger partial charge in [-0.15, -0.1) is 0 Å². The number of nitrogens with one attached hydrogen (secondary N) is 1. The zero-order valence-corrected chi connectivity index (χ0v) is 23.8. The number of amides is 1. The molecule has 11 heteroatoms. The Kier molecular flexibility index (Phi) is 9.11. The molecular weight excluding hydrogens is 539 g/mol. The fourth-order valence-corrected chi connectivity index (χ4v) is 5.23. The van der Waals surface area contributed by atoms with Crippen LogP contribution >= 0.6 is 0 Å². The van der Waals surface area contributed by atoms with Crippen LogP contribution in [-0.4, -0.2) is 70.4 Å². The molecule has 1 aliphatic rings. The molecule has 4 heterocycles. The van der Waals surface area contributed by atoms with Crippen molar-refractivity contribution >= 4 is 11.7 Å². The number of carbonyl (C=O) groups is 2. The van der Waals surface area contributed by atoms with E-state index in [2.05, 4.69) is 15.3 Å². The number of para-hydroxylation sites is 1. The van der Waals surface area contributed by atoms with E-state index < -0.39 is 12.1 Å². The minimum absolute atomic E-state index is 0.0107. The molecular formula is C31H33FN6O4. The Balaban J connectivity index is 1.42. The van der Waals surface area contributed by atoms with Crippen molar-refractivity contribution in [1.29, 1.82) is 0 Å². The van der Waals surface area contributed by atoms with Gasteiger partial charge in [0, 0.05) is 64.0 Å². The number of rotatable bonds is 11. The highest BCUT2D eigenvalue weighted by Crippen LogP contribution is 2.37. The molecule has 0 bridgehead atoms. The minimum Gasteiger partial charge on any atom is -0.383 e. The van der Waals surface area contributed by atoms with E-state index in [-0.39, 0.29) is 30.4 Å². The van der Waals surface area contributed by atoms with E-state index in [4.69, 9.17) is 14.7 Å². The van der Waals surface area contributed by atoms with E-state index in [1.54, 1.807) is 48.3 Å². The molecule has 4 aromatic rings. The van der Waals surface area contributed by atoms with Gasteiger partial charge in [-0.25, -0.2) is 9.67 Å². The first-order valence-corrected chi connectivity index (χ1v) is 13.7. The average Bonchev–Trinajstić information content (AvgIpc) is 3.56. The van der Waals surface area contributed by atoms with Crippen LogP contribution in [0.4, 0.5) is 4.39 Å². The highest BCUT2D eigenvalue weighted by Gasteiger charge is 2.37. The number of aromatic nitrogens is 4. The lowest BCUT2D eigenvalue weighted by molar-refractivity contribution is -0.155. The quantitative estimate of drug-likeness (QED) is 0.270. The standard InChI is InChI=1S/C31H33FN6O4/c1-20-27(17-25(39)15-23-19-37(13-14-41-3)42-30(23)21-11-12-34-28(32)16-21)38(24-7-5-4-6-8-24)36-29(20)22-9-10-26(35-18-22)31(40)33-2/h4-12,16,18,23,30H,13-15,17,19H2,1-3H3,(H,33,40)/t23-,30+/m1/s1. The molecule has 1 fully saturated rings. The summed E-state index contributed by atoms with van der Waals surface area (Å²) in [5, 5.41) is 9.22. The van der Waals surface area contributed by atoms with Crippen LogP contribution in [0.2, 0.25) is 0 Å². The molecule has 1 N–H and O–H groups in total. The van der Waals surface area contributed by atoms with E-state index >= 15 is 0 Å². The molecule has 0 unspecified atom stereocenters. The third kappa shape index (κ3) is 6.43. The summed E-state index contributed by atoms with van der Waals surface area (Å²) in [6.45, 7) is 3.44. The first-order valence-electron chi connectivity index (χ1n) is 13.7. The fraction of sp³-hybridized carbons (Fsp3) is 0.323. The summed E-state index contributed by atoms with van der Waals surface area (Å²) in [4.78, 5) is 39.7. The summed E-state index contributed by atoms with van der Waals surface area (Å²) in [5.74, 6) is -1.05. The van der Waals surface area contributed by atoms with Crippen molar-refractivity contribution in [3.63, 3.8) is 0 Å². The van der Waals surface area contributed by atoms with Crippen molar-refractivity contribution in [1.82, 2.24) is 30.1 Å². The van der Waals surface area contributed by atoms with E-state index in [0.717, 1.165) is 22.5 Å². The van der Waals surface area contributed by atoms with E-state index in [0.29, 0.717) is 36.6 Å². The number of methoxy groups -OCH3 is 1. The second-order valence-corrected chi connectivity index (χ2v) is 10.2. The summed E-state index contributed by atoms with van der Waals surface area (Å²) in [7, 11) is 3.17. The van der Waals surface area contributed by atoms with Crippen LogP contribution in [0.15, 0.2) is 67.0 Å². The van der Waals surface area contributed by atoms with Crippen LogP contribution in [0.1, 0.15) is 39.8 Å². The van der Waals surface area contributed by atoms with Gasteiger partial charge in [-0.3, -0.25) is 19.4 Å². The topological polar surface area (TPSA) is 111 Å². The first kappa shape index (κ1) is 29.2. The highest BCUT2D eigenvalue weighted by atomic mass is 19.1. The molecule has 0 saturated carbocycles. The average molecular weight is 573 g/mol. The Morgan fingerprint density at radius 1 is 1.14 bits per heavy atom. The normalized spacial score (nSPS) is 17.0.